The minimum atomic E-state index is 0.209. The summed E-state index contributed by atoms with van der Waals surface area (Å²) in [6.07, 6.45) is 7.78. The molecular weight excluding hydrogens is 296 g/mol. The molecule has 0 amide bonds. The summed E-state index contributed by atoms with van der Waals surface area (Å²) in [6, 6.07) is 16.1. The summed E-state index contributed by atoms with van der Waals surface area (Å²) >= 11 is 0. The van der Waals surface area contributed by atoms with Gasteiger partial charge in [0.25, 0.3) is 0 Å². The van der Waals surface area contributed by atoms with E-state index < -0.39 is 0 Å². The van der Waals surface area contributed by atoms with Crippen molar-refractivity contribution in [3.63, 3.8) is 0 Å². The Morgan fingerprint density at radius 1 is 0.667 bits per heavy atom. The molecule has 0 spiro atoms. The van der Waals surface area contributed by atoms with E-state index in [4.69, 9.17) is 0 Å². The fraction of sp³-hybridized carbons (Fsp3) is 0.455. The summed E-state index contributed by atoms with van der Waals surface area (Å²) in [6.45, 7) is 0. The number of aromatic hydroxyl groups is 2. The molecule has 0 saturated heterocycles. The van der Waals surface area contributed by atoms with Gasteiger partial charge in [-0.15, -0.1) is 0 Å². The molecule has 4 unspecified atom stereocenters. The second-order valence-corrected chi connectivity index (χ2v) is 8.10. The summed E-state index contributed by atoms with van der Waals surface area (Å²) in [4.78, 5) is 0. The van der Waals surface area contributed by atoms with E-state index in [0.29, 0.717) is 11.5 Å². The predicted octanol–water partition coefficient (Wildman–Crippen LogP) is 4.89. The molecule has 0 aromatic heterocycles. The third kappa shape index (κ3) is 1.57. The van der Waals surface area contributed by atoms with Crippen LogP contribution in [0.1, 0.15) is 49.7 Å². The lowest BCUT2D eigenvalue weighted by Gasteiger charge is -2.50. The van der Waals surface area contributed by atoms with E-state index in [2.05, 4.69) is 24.3 Å². The number of hydrogen-bond donors (Lipinski definition) is 2. The maximum Gasteiger partial charge on any atom is 0.115 e. The Morgan fingerprint density at radius 2 is 1.08 bits per heavy atom. The normalized spacial score (nSPS) is 36.8. The van der Waals surface area contributed by atoms with Crippen LogP contribution in [0.3, 0.4) is 0 Å². The van der Waals surface area contributed by atoms with E-state index in [0.717, 1.165) is 11.8 Å². The van der Waals surface area contributed by atoms with Gasteiger partial charge in [-0.3, -0.25) is 0 Å². The van der Waals surface area contributed by atoms with Crippen LogP contribution in [0.15, 0.2) is 48.5 Å². The smallest absolute Gasteiger partial charge is 0.115 e. The number of hydrogen-bond acceptors (Lipinski definition) is 2. The van der Waals surface area contributed by atoms with Crippen molar-refractivity contribution >= 4 is 0 Å². The zero-order chi connectivity index (χ0) is 16.4. The van der Waals surface area contributed by atoms with Crippen LogP contribution in [0.25, 0.3) is 0 Å². The van der Waals surface area contributed by atoms with Crippen molar-refractivity contribution in [3.05, 3.63) is 59.7 Å². The number of benzene rings is 2. The summed E-state index contributed by atoms with van der Waals surface area (Å²) in [5.74, 6) is 2.21. The van der Waals surface area contributed by atoms with Gasteiger partial charge in [-0.25, -0.2) is 0 Å². The molecule has 2 nitrogen and oxygen atoms in total. The van der Waals surface area contributed by atoms with E-state index in [9.17, 15) is 10.2 Å². The zero-order valence-corrected chi connectivity index (χ0v) is 13.9. The first-order valence-electron chi connectivity index (χ1n) is 9.26. The van der Waals surface area contributed by atoms with Crippen LogP contribution in [-0.2, 0) is 10.8 Å². The van der Waals surface area contributed by atoms with E-state index in [1.165, 1.54) is 49.7 Å². The molecule has 0 radical (unpaired) electrons. The Balaban J connectivity index is 1.74. The predicted molar refractivity (Wildman–Crippen MR) is 94.3 cm³/mol. The fourth-order valence-corrected chi connectivity index (χ4v) is 6.90. The van der Waals surface area contributed by atoms with Gasteiger partial charge in [0.1, 0.15) is 11.5 Å². The lowest BCUT2D eigenvalue weighted by Crippen LogP contribution is -2.49. The van der Waals surface area contributed by atoms with Crippen LogP contribution < -0.4 is 0 Å². The first-order chi connectivity index (χ1) is 11.7. The molecule has 4 atom stereocenters. The van der Waals surface area contributed by atoms with Gasteiger partial charge in [-0.2, -0.15) is 0 Å². The molecule has 0 aliphatic heterocycles. The second-order valence-electron chi connectivity index (χ2n) is 8.10. The molecule has 3 saturated carbocycles. The number of phenols is 2. The highest BCUT2D eigenvalue weighted by Crippen LogP contribution is 2.73. The summed E-state index contributed by atoms with van der Waals surface area (Å²) in [5, 5.41) is 19.5. The van der Waals surface area contributed by atoms with Gasteiger partial charge in [0.05, 0.1) is 0 Å². The molecule has 5 rings (SSSR count). The number of phenolic OH excluding ortho intramolecular Hbond substituents is 2. The van der Waals surface area contributed by atoms with Crippen LogP contribution in [-0.4, -0.2) is 10.2 Å². The molecule has 24 heavy (non-hydrogen) atoms. The van der Waals surface area contributed by atoms with E-state index in [-0.39, 0.29) is 10.8 Å². The molecule has 2 aromatic carbocycles. The third-order valence-corrected chi connectivity index (χ3v) is 7.53. The average molecular weight is 320 g/mol. The lowest BCUT2D eigenvalue weighted by molar-refractivity contribution is 0.156. The Bertz CT molecular complexity index is 698. The van der Waals surface area contributed by atoms with Crippen LogP contribution in [0, 0.1) is 11.8 Å². The molecule has 3 aliphatic carbocycles. The van der Waals surface area contributed by atoms with E-state index >= 15 is 0 Å². The van der Waals surface area contributed by atoms with Gasteiger partial charge in [0.15, 0.2) is 0 Å². The summed E-state index contributed by atoms with van der Waals surface area (Å²) in [7, 11) is 0. The Labute approximate surface area is 143 Å². The molecule has 3 fully saturated rings. The van der Waals surface area contributed by atoms with E-state index in [1.807, 2.05) is 24.3 Å². The number of fused-ring (bicyclic) bond motifs is 5. The summed E-state index contributed by atoms with van der Waals surface area (Å²) in [5.41, 5.74) is 3.25. The SMILES string of the molecule is Oc1ccc(C23CCCC2(c2ccc(O)cc2)C2CCC3C2)cc1. The van der Waals surface area contributed by atoms with Gasteiger partial charge in [-0.1, -0.05) is 30.7 Å². The standard InChI is InChI=1S/C22H24O2/c23-19-8-4-15(5-9-19)21-12-1-13-22(21,18-3-2-17(21)14-18)16-6-10-20(24)11-7-16/h4-11,17-18,23-24H,1-3,12-14H2. The first kappa shape index (κ1) is 14.4. The van der Waals surface area contributed by atoms with Gasteiger partial charge >= 0.3 is 0 Å². The highest BCUT2D eigenvalue weighted by molar-refractivity contribution is 5.48. The van der Waals surface area contributed by atoms with Crippen molar-refractivity contribution in [3.8, 4) is 11.5 Å². The van der Waals surface area contributed by atoms with Crippen molar-refractivity contribution in [1.82, 2.24) is 0 Å². The van der Waals surface area contributed by atoms with Crippen molar-refractivity contribution < 1.29 is 10.2 Å². The molecule has 2 N–H and O–H groups in total. The molecule has 3 aliphatic rings. The zero-order valence-electron chi connectivity index (χ0n) is 13.9. The van der Waals surface area contributed by atoms with Crippen LogP contribution >= 0.6 is 0 Å². The van der Waals surface area contributed by atoms with Crippen molar-refractivity contribution in [2.24, 2.45) is 11.8 Å². The lowest BCUT2D eigenvalue weighted by atomic mass is 9.52. The maximum atomic E-state index is 9.75. The van der Waals surface area contributed by atoms with Crippen LogP contribution in [0.2, 0.25) is 0 Å². The minimum absolute atomic E-state index is 0.209. The molecule has 124 valence electrons. The van der Waals surface area contributed by atoms with Crippen molar-refractivity contribution in [1.29, 1.82) is 0 Å². The largest absolute Gasteiger partial charge is 0.508 e. The first-order valence-corrected chi connectivity index (χ1v) is 9.26. The van der Waals surface area contributed by atoms with E-state index in [1.54, 1.807) is 0 Å². The Hall–Kier alpha value is -1.96. The summed E-state index contributed by atoms with van der Waals surface area (Å²) < 4.78 is 0. The van der Waals surface area contributed by atoms with Crippen molar-refractivity contribution in [2.75, 3.05) is 0 Å². The monoisotopic (exact) mass is 320 g/mol. The maximum absolute atomic E-state index is 9.75. The Morgan fingerprint density at radius 3 is 1.50 bits per heavy atom. The van der Waals surface area contributed by atoms with Crippen LogP contribution in [0.5, 0.6) is 11.5 Å². The molecule has 0 heterocycles. The number of rotatable bonds is 2. The molecule has 2 bridgehead atoms. The molecule has 2 heteroatoms. The highest BCUT2D eigenvalue weighted by atomic mass is 16.3. The van der Waals surface area contributed by atoms with Gasteiger partial charge in [-0.05, 0) is 79.3 Å². The minimum Gasteiger partial charge on any atom is -0.508 e. The third-order valence-electron chi connectivity index (χ3n) is 7.53. The van der Waals surface area contributed by atoms with Gasteiger partial charge in [0.2, 0.25) is 0 Å². The second kappa shape index (κ2) is 4.78. The van der Waals surface area contributed by atoms with Crippen LogP contribution in [0.4, 0.5) is 0 Å². The molecule has 2 aromatic rings. The topological polar surface area (TPSA) is 40.5 Å². The quantitative estimate of drug-likeness (QED) is 0.827. The fourth-order valence-electron chi connectivity index (χ4n) is 6.90. The highest BCUT2D eigenvalue weighted by Gasteiger charge is 2.69. The average Bonchev–Trinajstić information content (AvgIpc) is 3.27. The van der Waals surface area contributed by atoms with Gasteiger partial charge in [0, 0.05) is 10.8 Å². The Kier molecular flexibility index (Phi) is 2.87. The van der Waals surface area contributed by atoms with Gasteiger partial charge < -0.3 is 10.2 Å². The molecular formula is C22H24O2. The van der Waals surface area contributed by atoms with Crippen molar-refractivity contribution in [2.45, 2.75) is 49.4 Å².